The van der Waals surface area contributed by atoms with Gasteiger partial charge in [-0.2, -0.15) is 4.98 Å². The standard InChI is InChI=1S/C18H19N6O6PS2/c19-17-22-14-11(15(27)23-17)21-18(33-7-10(25)20-8-4-2-1-3-5-8)24(14)16-12(26)13-9(29-16)6-28-31(32)30-13/h1-5,9,12-13,16,26,31H,6-7H2,(H,20,25)(H3,19,22,23,27)/t9?,12-,13+,16+/m0/s1. The van der Waals surface area contributed by atoms with Crippen molar-refractivity contribution >= 4 is 59.4 Å². The van der Waals surface area contributed by atoms with E-state index in [0.717, 1.165) is 11.8 Å². The van der Waals surface area contributed by atoms with Gasteiger partial charge in [0.15, 0.2) is 29.7 Å². The van der Waals surface area contributed by atoms with E-state index >= 15 is 0 Å². The number of H-pyrrole nitrogens is 1. The van der Waals surface area contributed by atoms with Crippen LogP contribution in [0, 0.1) is 0 Å². The van der Waals surface area contributed by atoms with Gasteiger partial charge in [-0.05, 0) is 23.9 Å². The number of benzene rings is 1. The number of aliphatic hydroxyl groups is 1. The van der Waals surface area contributed by atoms with Crippen molar-refractivity contribution in [2.24, 2.45) is 0 Å². The molecular weight excluding hydrogens is 491 g/mol. The monoisotopic (exact) mass is 510 g/mol. The number of carbonyl (C=O) groups is 1. The summed E-state index contributed by atoms with van der Waals surface area (Å²) >= 11 is 6.18. The molecule has 5 N–H and O–H groups in total. The largest absolute Gasteiger partial charge is 0.386 e. The van der Waals surface area contributed by atoms with Gasteiger partial charge in [-0.3, -0.25) is 19.1 Å². The van der Waals surface area contributed by atoms with E-state index in [4.69, 9.17) is 31.3 Å². The fraction of sp³-hybridized carbons (Fsp3) is 0.333. The van der Waals surface area contributed by atoms with Crippen LogP contribution in [0.15, 0.2) is 40.3 Å². The molecule has 3 aromatic rings. The van der Waals surface area contributed by atoms with E-state index < -0.39 is 37.2 Å². The molecule has 0 saturated carbocycles. The van der Waals surface area contributed by atoms with Gasteiger partial charge in [0.2, 0.25) is 11.9 Å². The number of para-hydroxylation sites is 1. The molecule has 0 aliphatic carbocycles. The van der Waals surface area contributed by atoms with Crippen molar-refractivity contribution in [2.75, 3.05) is 23.4 Å². The van der Waals surface area contributed by atoms with Crippen LogP contribution in [-0.4, -0.2) is 61.2 Å². The second-order valence-corrected chi connectivity index (χ2v) is 10.3. The molecule has 5 rings (SSSR count). The minimum atomic E-state index is -1.92. The molecule has 2 aromatic heterocycles. The third-order valence-electron chi connectivity index (χ3n) is 5.09. The van der Waals surface area contributed by atoms with Crippen LogP contribution in [0.2, 0.25) is 0 Å². The van der Waals surface area contributed by atoms with Crippen molar-refractivity contribution in [2.45, 2.75) is 29.7 Å². The highest BCUT2D eigenvalue weighted by Gasteiger charge is 2.49. The van der Waals surface area contributed by atoms with Crippen LogP contribution < -0.4 is 16.6 Å². The van der Waals surface area contributed by atoms with Gasteiger partial charge >= 0.3 is 0 Å². The number of nitrogens with one attached hydrogen (secondary N) is 2. The quantitative estimate of drug-likeness (QED) is 0.281. The van der Waals surface area contributed by atoms with Crippen molar-refractivity contribution < 1.29 is 23.7 Å². The molecule has 2 aliphatic heterocycles. The zero-order chi connectivity index (χ0) is 23.1. The lowest BCUT2D eigenvalue weighted by atomic mass is 10.1. The first-order chi connectivity index (χ1) is 15.9. The van der Waals surface area contributed by atoms with E-state index in [0.29, 0.717) is 5.69 Å². The van der Waals surface area contributed by atoms with E-state index in [-0.39, 0.29) is 40.5 Å². The highest BCUT2D eigenvalue weighted by Crippen LogP contribution is 2.44. The molecule has 2 fully saturated rings. The summed E-state index contributed by atoms with van der Waals surface area (Å²) in [6.07, 6.45) is -3.37. The van der Waals surface area contributed by atoms with Gasteiger partial charge in [0.05, 0.1) is 12.4 Å². The molecule has 33 heavy (non-hydrogen) atoms. The number of rotatable bonds is 5. The Morgan fingerprint density at radius 1 is 1.39 bits per heavy atom. The van der Waals surface area contributed by atoms with Gasteiger partial charge in [0.25, 0.3) is 5.56 Å². The van der Waals surface area contributed by atoms with E-state index in [1.807, 2.05) is 18.2 Å². The van der Waals surface area contributed by atoms with Crippen LogP contribution in [0.3, 0.4) is 0 Å². The first-order valence-corrected chi connectivity index (χ1v) is 13.3. The van der Waals surface area contributed by atoms with Crippen molar-refractivity contribution in [3.8, 4) is 0 Å². The number of nitrogen functional groups attached to an aromatic ring is 1. The molecule has 2 unspecified atom stereocenters. The lowest BCUT2D eigenvalue weighted by Gasteiger charge is -2.26. The molecule has 174 valence electrons. The number of nitrogens with two attached hydrogens (primary N) is 1. The van der Waals surface area contributed by atoms with Crippen LogP contribution in [0.1, 0.15) is 6.23 Å². The second kappa shape index (κ2) is 9.14. The lowest BCUT2D eigenvalue weighted by Crippen LogP contribution is -2.37. The zero-order valence-electron chi connectivity index (χ0n) is 16.8. The Morgan fingerprint density at radius 2 is 2.18 bits per heavy atom. The van der Waals surface area contributed by atoms with Crippen molar-refractivity contribution in [3.63, 3.8) is 0 Å². The Labute approximate surface area is 196 Å². The maximum atomic E-state index is 12.5. The summed E-state index contributed by atoms with van der Waals surface area (Å²) in [4.78, 5) is 35.8. The number of aromatic nitrogens is 4. The lowest BCUT2D eigenvalue weighted by molar-refractivity contribution is -0.113. The zero-order valence-corrected chi connectivity index (χ0v) is 19.5. The summed E-state index contributed by atoms with van der Waals surface area (Å²) in [5.41, 5.74) is 5.97. The average Bonchev–Trinajstić information content (AvgIpc) is 3.30. The number of anilines is 2. The second-order valence-electron chi connectivity index (χ2n) is 7.29. The summed E-state index contributed by atoms with van der Waals surface area (Å²) in [5.74, 6) is -0.407. The van der Waals surface area contributed by atoms with Crippen LogP contribution in [0.5, 0.6) is 0 Å². The number of aliphatic hydroxyl groups excluding tert-OH is 1. The average molecular weight is 510 g/mol. The Kier molecular flexibility index (Phi) is 6.22. The number of ether oxygens (including phenoxy) is 1. The maximum Gasteiger partial charge on any atom is 0.280 e. The van der Waals surface area contributed by atoms with E-state index in [1.54, 1.807) is 12.1 Å². The van der Waals surface area contributed by atoms with E-state index in [1.165, 1.54) is 4.57 Å². The third kappa shape index (κ3) is 4.43. The number of amides is 1. The molecule has 1 amide bonds. The molecule has 12 nitrogen and oxygen atoms in total. The van der Waals surface area contributed by atoms with Gasteiger partial charge in [0, 0.05) is 5.69 Å². The summed E-state index contributed by atoms with van der Waals surface area (Å²) in [5, 5.41) is 14.0. The first kappa shape index (κ1) is 22.5. The molecule has 0 spiro atoms. The topological polar surface area (TPSA) is 167 Å². The fourth-order valence-electron chi connectivity index (χ4n) is 3.67. The molecule has 0 bridgehead atoms. The smallest absolute Gasteiger partial charge is 0.280 e. The molecule has 15 heteroatoms. The SMILES string of the molecule is Nc1nc2c(nc(SCC(=O)Nc3ccccc3)n2[C@@H]2OC3CO[PH](=S)O[C@H]3[C@@H]2O)c(=O)[nH]1. The molecular formula is C18H19N6O6PS2. The molecule has 1 aromatic carbocycles. The Bertz CT molecular complexity index is 1290. The number of carbonyl (C=O) groups excluding carboxylic acids is 1. The number of nitrogens with zero attached hydrogens (tertiary/aromatic N) is 3. The summed E-state index contributed by atoms with van der Waals surface area (Å²) in [6, 6.07) is 9.00. The Balaban J connectivity index is 1.46. The predicted molar refractivity (Wildman–Crippen MR) is 125 cm³/mol. The Hall–Kier alpha value is -2.32. The van der Waals surface area contributed by atoms with E-state index in [9.17, 15) is 14.7 Å². The number of thioether (sulfide) groups is 1. The highest BCUT2D eigenvalue weighted by atomic mass is 32.4. The molecule has 0 radical (unpaired) electrons. The predicted octanol–water partition coefficient (Wildman–Crippen LogP) is 0.612. The molecule has 2 saturated heterocycles. The minimum absolute atomic E-state index is 0.00558. The summed E-state index contributed by atoms with van der Waals surface area (Å²) in [7, 11) is -1.92. The van der Waals surface area contributed by atoms with Gasteiger partial charge in [-0.1, -0.05) is 30.0 Å². The first-order valence-electron chi connectivity index (χ1n) is 9.83. The van der Waals surface area contributed by atoms with Gasteiger partial charge in [0.1, 0.15) is 18.3 Å². The van der Waals surface area contributed by atoms with E-state index in [2.05, 4.69) is 20.3 Å². The normalized spacial score (nSPS) is 26.9. The number of aromatic amines is 1. The van der Waals surface area contributed by atoms with Crippen LogP contribution in [0.4, 0.5) is 11.6 Å². The fourth-order valence-corrected chi connectivity index (χ4v) is 5.91. The van der Waals surface area contributed by atoms with Crippen molar-refractivity contribution in [1.29, 1.82) is 0 Å². The van der Waals surface area contributed by atoms with Crippen molar-refractivity contribution in [3.05, 3.63) is 40.7 Å². The van der Waals surface area contributed by atoms with Crippen LogP contribution >= 0.6 is 18.9 Å². The number of hydrogen-bond donors (Lipinski definition) is 4. The number of hydrogen-bond acceptors (Lipinski definition) is 11. The number of fused-ring (bicyclic) bond motifs is 2. The van der Waals surface area contributed by atoms with Gasteiger partial charge < -0.3 is 29.9 Å². The van der Waals surface area contributed by atoms with Gasteiger partial charge in [-0.15, -0.1) is 0 Å². The van der Waals surface area contributed by atoms with Crippen LogP contribution in [-0.2, 0) is 30.4 Å². The molecule has 4 heterocycles. The number of imidazole rings is 1. The summed E-state index contributed by atoms with van der Waals surface area (Å²) in [6.45, 7) is 0.181. The maximum absolute atomic E-state index is 12.5. The Morgan fingerprint density at radius 3 is 2.97 bits per heavy atom. The highest BCUT2D eigenvalue weighted by molar-refractivity contribution is 8.00. The third-order valence-corrected chi connectivity index (χ3v) is 7.55. The molecule has 2 aliphatic rings. The van der Waals surface area contributed by atoms with Crippen molar-refractivity contribution in [1.82, 2.24) is 19.5 Å². The van der Waals surface area contributed by atoms with Gasteiger partial charge in [-0.25, -0.2) is 4.98 Å². The minimum Gasteiger partial charge on any atom is -0.386 e. The van der Waals surface area contributed by atoms with Crippen LogP contribution in [0.25, 0.3) is 11.2 Å². The molecule has 5 atom stereocenters. The summed E-state index contributed by atoms with van der Waals surface area (Å²) < 4.78 is 18.4.